The van der Waals surface area contributed by atoms with Crippen LogP contribution in [0.5, 0.6) is 0 Å². The maximum absolute atomic E-state index is 4.50. The third kappa shape index (κ3) is 2.30. The number of benzene rings is 1. The van der Waals surface area contributed by atoms with Gasteiger partial charge in [-0.1, -0.05) is 24.3 Å². The van der Waals surface area contributed by atoms with Crippen molar-refractivity contribution in [3.63, 3.8) is 0 Å². The number of pyridine rings is 1. The Labute approximate surface area is 101 Å². The first kappa shape index (κ1) is 10.7. The zero-order valence-electron chi connectivity index (χ0n) is 9.89. The van der Waals surface area contributed by atoms with Crippen molar-refractivity contribution < 1.29 is 0 Å². The summed E-state index contributed by atoms with van der Waals surface area (Å²) in [4.78, 5) is 6.99. The van der Waals surface area contributed by atoms with Crippen molar-refractivity contribution in [2.75, 3.05) is 26.2 Å². The van der Waals surface area contributed by atoms with E-state index in [1.807, 2.05) is 12.3 Å². The van der Waals surface area contributed by atoms with Crippen LogP contribution in [0.4, 0.5) is 0 Å². The van der Waals surface area contributed by atoms with Crippen LogP contribution < -0.4 is 5.32 Å². The van der Waals surface area contributed by atoms with Gasteiger partial charge in [0.15, 0.2) is 0 Å². The summed E-state index contributed by atoms with van der Waals surface area (Å²) in [7, 11) is 0. The second-order valence-electron chi connectivity index (χ2n) is 4.52. The summed E-state index contributed by atoms with van der Waals surface area (Å²) in [6.45, 7) is 5.46. The van der Waals surface area contributed by atoms with E-state index in [-0.39, 0.29) is 0 Å². The van der Waals surface area contributed by atoms with Gasteiger partial charge in [-0.15, -0.1) is 0 Å². The van der Waals surface area contributed by atoms with Gasteiger partial charge in [-0.2, -0.15) is 0 Å². The van der Waals surface area contributed by atoms with Gasteiger partial charge in [0.2, 0.25) is 0 Å². The smallest absolute Gasteiger partial charge is 0.0746 e. The molecule has 0 aliphatic carbocycles. The van der Waals surface area contributed by atoms with Crippen LogP contribution in [0.3, 0.4) is 0 Å². The molecule has 1 saturated heterocycles. The fraction of sp³-hybridized carbons (Fsp3) is 0.357. The molecule has 17 heavy (non-hydrogen) atoms. The predicted octanol–water partition coefficient (Wildman–Crippen LogP) is 1.64. The number of hydrogen-bond donors (Lipinski definition) is 1. The Morgan fingerprint density at radius 3 is 2.82 bits per heavy atom. The van der Waals surface area contributed by atoms with Crippen molar-refractivity contribution in [1.82, 2.24) is 15.2 Å². The number of hydrogen-bond acceptors (Lipinski definition) is 3. The molecule has 3 heteroatoms. The molecule has 3 nitrogen and oxygen atoms in total. The molecule has 3 rings (SSSR count). The molecule has 1 aliphatic heterocycles. The van der Waals surface area contributed by atoms with Gasteiger partial charge in [-0.25, -0.2) is 0 Å². The zero-order valence-corrected chi connectivity index (χ0v) is 9.89. The number of rotatable bonds is 2. The third-order valence-corrected chi connectivity index (χ3v) is 3.32. The van der Waals surface area contributed by atoms with E-state index in [0.717, 1.165) is 38.2 Å². The second kappa shape index (κ2) is 4.82. The van der Waals surface area contributed by atoms with E-state index in [0.29, 0.717) is 0 Å². The lowest BCUT2D eigenvalue weighted by Gasteiger charge is -2.27. The molecule has 0 bridgehead atoms. The molecule has 1 aromatic carbocycles. The number of piperazine rings is 1. The molecule has 1 aromatic heterocycles. The van der Waals surface area contributed by atoms with Gasteiger partial charge in [-0.05, 0) is 11.6 Å². The van der Waals surface area contributed by atoms with Crippen molar-refractivity contribution in [1.29, 1.82) is 0 Å². The van der Waals surface area contributed by atoms with Crippen LogP contribution in [0.25, 0.3) is 10.9 Å². The molecule has 0 unspecified atom stereocenters. The lowest BCUT2D eigenvalue weighted by Crippen LogP contribution is -2.42. The number of fused-ring (bicyclic) bond motifs is 1. The lowest BCUT2D eigenvalue weighted by molar-refractivity contribution is 0.234. The van der Waals surface area contributed by atoms with E-state index in [9.17, 15) is 0 Å². The zero-order chi connectivity index (χ0) is 11.5. The summed E-state index contributed by atoms with van der Waals surface area (Å²) in [6, 6.07) is 10.6. The molecule has 2 aromatic rings. The minimum Gasteiger partial charge on any atom is -0.314 e. The van der Waals surface area contributed by atoms with E-state index >= 15 is 0 Å². The van der Waals surface area contributed by atoms with Gasteiger partial charge in [0.05, 0.1) is 5.52 Å². The quantitative estimate of drug-likeness (QED) is 0.845. The molecular formula is C14H17N3. The maximum Gasteiger partial charge on any atom is 0.0746 e. The second-order valence-corrected chi connectivity index (χ2v) is 4.52. The minimum absolute atomic E-state index is 1.01. The van der Waals surface area contributed by atoms with Gasteiger partial charge in [0.1, 0.15) is 0 Å². The Bertz CT molecular complexity index is 498. The summed E-state index contributed by atoms with van der Waals surface area (Å²) in [6.07, 6.45) is 1.88. The highest BCUT2D eigenvalue weighted by atomic mass is 15.2. The Balaban J connectivity index is 1.89. The van der Waals surface area contributed by atoms with Crippen molar-refractivity contribution in [3.05, 3.63) is 42.1 Å². The molecule has 2 heterocycles. The largest absolute Gasteiger partial charge is 0.314 e. The molecule has 0 atom stereocenters. The van der Waals surface area contributed by atoms with Gasteiger partial charge in [0.25, 0.3) is 0 Å². The highest BCUT2D eigenvalue weighted by molar-refractivity contribution is 5.81. The maximum atomic E-state index is 4.50. The van der Waals surface area contributed by atoms with Crippen LogP contribution in [0.15, 0.2) is 36.5 Å². The van der Waals surface area contributed by atoms with Crippen molar-refractivity contribution >= 4 is 10.9 Å². The first-order valence-electron chi connectivity index (χ1n) is 6.19. The Hall–Kier alpha value is -1.45. The summed E-state index contributed by atoms with van der Waals surface area (Å²) >= 11 is 0. The first-order chi connectivity index (χ1) is 8.43. The third-order valence-electron chi connectivity index (χ3n) is 3.32. The monoisotopic (exact) mass is 227 g/mol. The number of nitrogens with one attached hydrogen (secondary N) is 1. The highest BCUT2D eigenvalue weighted by Crippen LogP contribution is 2.17. The van der Waals surface area contributed by atoms with Crippen molar-refractivity contribution in [2.45, 2.75) is 6.54 Å². The molecular weight excluding hydrogens is 210 g/mol. The van der Waals surface area contributed by atoms with Crippen LogP contribution >= 0.6 is 0 Å². The van der Waals surface area contributed by atoms with Gasteiger partial charge in [0, 0.05) is 44.3 Å². The summed E-state index contributed by atoms with van der Waals surface area (Å²) < 4.78 is 0. The first-order valence-corrected chi connectivity index (χ1v) is 6.19. The average molecular weight is 227 g/mol. The van der Waals surface area contributed by atoms with Crippen molar-refractivity contribution in [2.24, 2.45) is 0 Å². The van der Waals surface area contributed by atoms with E-state index in [2.05, 4.69) is 39.5 Å². The summed E-state index contributed by atoms with van der Waals surface area (Å²) in [5.41, 5.74) is 2.48. The van der Waals surface area contributed by atoms with Crippen LogP contribution in [0.2, 0.25) is 0 Å². The van der Waals surface area contributed by atoms with Gasteiger partial charge < -0.3 is 5.32 Å². The van der Waals surface area contributed by atoms with Crippen LogP contribution in [-0.4, -0.2) is 36.1 Å². The normalized spacial score (nSPS) is 17.4. The van der Waals surface area contributed by atoms with Crippen LogP contribution in [0.1, 0.15) is 5.56 Å². The topological polar surface area (TPSA) is 28.2 Å². The SMILES string of the molecule is c1cnc2c(CN3CCNCC3)cccc2c1. The molecule has 1 N–H and O–H groups in total. The van der Waals surface area contributed by atoms with Crippen LogP contribution in [0, 0.1) is 0 Å². The number of nitrogens with zero attached hydrogens (tertiary/aromatic N) is 2. The molecule has 0 radical (unpaired) electrons. The fourth-order valence-electron chi connectivity index (χ4n) is 2.41. The highest BCUT2D eigenvalue weighted by Gasteiger charge is 2.11. The van der Waals surface area contributed by atoms with E-state index in [1.54, 1.807) is 0 Å². The molecule has 0 spiro atoms. The van der Waals surface area contributed by atoms with Gasteiger partial charge >= 0.3 is 0 Å². The number of para-hydroxylation sites is 1. The Kier molecular flexibility index (Phi) is 3.03. The average Bonchev–Trinajstić information content (AvgIpc) is 2.40. The van der Waals surface area contributed by atoms with E-state index in [4.69, 9.17) is 0 Å². The van der Waals surface area contributed by atoms with E-state index < -0.39 is 0 Å². The van der Waals surface area contributed by atoms with Crippen LogP contribution in [-0.2, 0) is 6.54 Å². The summed E-state index contributed by atoms with van der Waals surface area (Å²) in [5, 5.41) is 4.62. The molecule has 1 aliphatic rings. The Morgan fingerprint density at radius 1 is 1.12 bits per heavy atom. The number of aromatic nitrogens is 1. The fourth-order valence-corrected chi connectivity index (χ4v) is 2.41. The Morgan fingerprint density at radius 2 is 1.94 bits per heavy atom. The molecule has 1 fully saturated rings. The predicted molar refractivity (Wildman–Crippen MR) is 69.9 cm³/mol. The summed E-state index contributed by atoms with van der Waals surface area (Å²) in [5.74, 6) is 0. The van der Waals surface area contributed by atoms with E-state index in [1.165, 1.54) is 10.9 Å². The molecule has 0 saturated carbocycles. The minimum atomic E-state index is 1.01. The van der Waals surface area contributed by atoms with Crippen molar-refractivity contribution in [3.8, 4) is 0 Å². The van der Waals surface area contributed by atoms with Gasteiger partial charge in [-0.3, -0.25) is 9.88 Å². The molecule has 88 valence electrons. The standard InChI is InChI=1S/C14H17N3/c1-3-12-5-2-6-16-14(12)13(4-1)11-17-9-7-15-8-10-17/h1-6,15H,7-11H2. The molecule has 0 amide bonds. The lowest BCUT2D eigenvalue weighted by atomic mass is 10.1.